The Morgan fingerprint density at radius 1 is 0.944 bits per heavy atom. The average Bonchev–Trinajstić information content (AvgIpc) is 2.41. The van der Waals surface area contributed by atoms with Gasteiger partial charge < -0.3 is 0 Å². The maximum Gasteiger partial charge on any atom is 0.135 e. The van der Waals surface area contributed by atoms with E-state index >= 15 is 0 Å². The van der Waals surface area contributed by atoms with Crippen molar-refractivity contribution < 1.29 is 4.79 Å². The zero-order valence-electron chi connectivity index (χ0n) is 12.3. The Morgan fingerprint density at radius 2 is 1.67 bits per heavy atom. The topological polar surface area (TPSA) is 17.1 Å². The fraction of sp³-hybridized carbons (Fsp3) is 0.941. The van der Waals surface area contributed by atoms with Gasteiger partial charge in [-0.3, -0.25) is 4.79 Å². The number of carbonyl (C=O) groups is 1. The molecule has 1 heteroatoms. The van der Waals surface area contributed by atoms with Gasteiger partial charge in [-0.15, -0.1) is 0 Å². The van der Waals surface area contributed by atoms with Gasteiger partial charge in [0.25, 0.3) is 0 Å². The van der Waals surface area contributed by atoms with Gasteiger partial charge in [-0.1, -0.05) is 46.0 Å². The molecule has 0 radical (unpaired) electrons. The van der Waals surface area contributed by atoms with Crippen molar-refractivity contribution >= 4 is 5.78 Å². The molecule has 0 aliphatic heterocycles. The van der Waals surface area contributed by atoms with E-state index < -0.39 is 0 Å². The molecule has 0 N–H and O–H groups in total. The molecule has 3 unspecified atom stereocenters. The van der Waals surface area contributed by atoms with Crippen LogP contribution in [0.15, 0.2) is 0 Å². The Labute approximate surface area is 113 Å². The first kappa shape index (κ1) is 14.1. The Balaban J connectivity index is 1.69. The number of carbonyl (C=O) groups excluding carboxylic acids is 1. The lowest BCUT2D eigenvalue weighted by atomic mass is 9.73. The third kappa shape index (κ3) is 3.83. The summed E-state index contributed by atoms with van der Waals surface area (Å²) in [6, 6.07) is 0. The molecule has 0 spiro atoms. The van der Waals surface area contributed by atoms with Crippen molar-refractivity contribution in [1.29, 1.82) is 0 Å². The largest absolute Gasteiger partial charge is 0.299 e. The standard InChI is InChI=1S/C17H30O/c1-13-8-9-15(12-14(13)2)10-11-17(18)16-6-4-3-5-7-16/h13-16H,3-12H2,1-2H3. The van der Waals surface area contributed by atoms with E-state index in [-0.39, 0.29) is 0 Å². The molecule has 2 saturated carbocycles. The monoisotopic (exact) mass is 250 g/mol. The van der Waals surface area contributed by atoms with Crippen molar-refractivity contribution in [1.82, 2.24) is 0 Å². The molecule has 2 rings (SSSR count). The summed E-state index contributed by atoms with van der Waals surface area (Å²) in [6.07, 6.45) is 12.4. The summed E-state index contributed by atoms with van der Waals surface area (Å²) in [5.41, 5.74) is 0. The molecule has 2 aliphatic rings. The molecule has 0 aromatic carbocycles. The van der Waals surface area contributed by atoms with Crippen LogP contribution in [0.4, 0.5) is 0 Å². The van der Waals surface area contributed by atoms with Crippen LogP contribution in [-0.4, -0.2) is 5.78 Å². The first-order valence-electron chi connectivity index (χ1n) is 8.19. The third-order valence-corrected chi connectivity index (χ3v) is 5.57. The van der Waals surface area contributed by atoms with Crippen LogP contribution in [0, 0.1) is 23.7 Å². The normalized spacial score (nSPS) is 34.4. The van der Waals surface area contributed by atoms with Crippen LogP contribution >= 0.6 is 0 Å². The van der Waals surface area contributed by atoms with Crippen LogP contribution in [-0.2, 0) is 4.79 Å². The summed E-state index contributed by atoms with van der Waals surface area (Å²) >= 11 is 0. The quantitative estimate of drug-likeness (QED) is 0.687. The highest BCUT2D eigenvalue weighted by Gasteiger charge is 2.26. The van der Waals surface area contributed by atoms with Crippen LogP contribution in [0.1, 0.15) is 78.1 Å². The predicted octanol–water partition coefficient (Wildman–Crippen LogP) is 4.99. The van der Waals surface area contributed by atoms with Crippen molar-refractivity contribution in [3.05, 3.63) is 0 Å². The van der Waals surface area contributed by atoms with Crippen LogP contribution in [0.2, 0.25) is 0 Å². The van der Waals surface area contributed by atoms with E-state index in [4.69, 9.17) is 0 Å². The van der Waals surface area contributed by atoms with E-state index in [1.165, 1.54) is 57.8 Å². The number of hydrogen-bond acceptors (Lipinski definition) is 1. The molecule has 0 aromatic heterocycles. The summed E-state index contributed by atoms with van der Waals surface area (Å²) in [4.78, 5) is 12.2. The van der Waals surface area contributed by atoms with E-state index in [0.29, 0.717) is 11.7 Å². The van der Waals surface area contributed by atoms with Gasteiger partial charge in [-0.25, -0.2) is 0 Å². The first-order valence-corrected chi connectivity index (χ1v) is 8.19. The van der Waals surface area contributed by atoms with Crippen LogP contribution in [0.5, 0.6) is 0 Å². The molecule has 0 aromatic rings. The van der Waals surface area contributed by atoms with E-state index in [1.54, 1.807) is 0 Å². The fourth-order valence-corrected chi connectivity index (χ4v) is 3.90. The van der Waals surface area contributed by atoms with E-state index in [9.17, 15) is 4.79 Å². The van der Waals surface area contributed by atoms with Crippen molar-refractivity contribution in [2.45, 2.75) is 78.1 Å². The molecule has 0 saturated heterocycles. The minimum atomic E-state index is 0.429. The maximum absolute atomic E-state index is 12.2. The lowest BCUT2D eigenvalue weighted by Gasteiger charge is -2.32. The highest BCUT2D eigenvalue weighted by Crippen LogP contribution is 2.36. The molecule has 18 heavy (non-hydrogen) atoms. The van der Waals surface area contributed by atoms with E-state index in [1.807, 2.05) is 0 Å². The molecule has 0 amide bonds. The second kappa shape index (κ2) is 6.73. The summed E-state index contributed by atoms with van der Waals surface area (Å²) in [6.45, 7) is 4.77. The Morgan fingerprint density at radius 3 is 2.33 bits per heavy atom. The molecule has 0 heterocycles. The molecular formula is C17H30O. The van der Waals surface area contributed by atoms with Crippen molar-refractivity contribution in [3.63, 3.8) is 0 Å². The summed E-state index contributed by atoms with van der Waals surface area (Å²) in [5.74, 6) is 3.62. The molecular weight excluding hydrogens is 220 g/mol. The number of ketones is 1. The SMILES string of the molecule is CC1CCC(CCC(=O)C2CCCCC2)CC1C. The third-order valence-electron chi connectivity index (χ3n) is 5.57. The minimum Gasteiger partial charge on any atom is -0.299 e. The Hall–Kier alpha value is -0.330. The van der Waals surface area contributed by atoms with Crippen molar-refractivity contribution in [3.8, 4) is 0 Å². The summed E-state index contributed by atoms with van der Waals surface area (Å²) in [7, 11) is 0. The maximum atomic E-state index is 12.2. The van der Waals surface area contributed by atoms with Gasteiger partial charge in [0, 0.05) is 12.3 Å². The first-order chi connectivity index (χ1) is 8.66. The zero-order chi connectivity index (χ0) is 13.0. The Kier molecular flexibility index (Phi) is 5.26. The summed E-state index contributed by atoms with van der Waals surface area (Å²) < 4.78 is 0. The minimum absolute atomic E-state index is 0.429. The molecule has 0 bridgehead atoms. The van der Waals surface area contributed by atoms with Crippen LogP contribution < -0.4 is 0 Å². The van der Waals surface area contributed by atoms with E-state index in [0.717, 1.165) is 24.2 Å². The van der Waals surface area contributed by atoms with Gasteiger partial charge >= 0.3 is 0 Å². The molecule has 1 nitrogen and oxygen atoms in total. The molecule has 3 atom stereocenters. The van der Waals surface area contributed by atoms with Gasteiger partial charge in [0.15, 0.2) is 0 Å². The van der Waals surface area contributed by atoms with Gasteiger partial charge in [-0.05, 0) is 43.4 Å². The second-order valence-corrected chi connectivity index (χ2v) is 6.97. The zero-order valence-corrected chi connectivity index (χ0v) is 12.3. The van der Waals surface area contributed by atoms with Gasteiger partial charge in [0.05, 0.1) is 0 Å². The number of rotatable bonds is 4. The van der Waals surface area contributed by atoms with Gasteiger partial charge in [-0.2, -0.15) is 0 Å². The highest BCUT2D eigenvalue weighted by molar-refractivity contribution is 5.81. The lowest BCUT2D eigenvalue weighted by molar-refractivity contribution is -0.124. The lowest BCUT2D eigenvalue weighted by Crippen LogP contribution is -2.23. The average molecular weight is 250 g/mol. The molecule has 104 valence electrons. The number of hydrogen-bond donors (Lipinski definition) is 0. The molecule has 2 aliphatic carbocycles. The van der Waals surface area contributed by atoms with Gasteiger partial charge in [0.2, 0.25) is 0 Å². The predicted molar refractivity (Wildman–Crippen MR) is 76.5 cm³/mol. The van der Waals surface area contributed by atoms with Gasteiger partial charge in [0.1, 0.15) is 5.78 Å². The fourth-order valence-electron chi connectivity index (χ4n) is 3.90. The second-order valence-electron chi connectivity index (χ2n) is 6.97. The Bertz CT molecular complexity index is 265. The highest BCUT2D eigenvalue weighted by atomic mass is 16.1. The number of Topliss-reactive ketones (excluding diaryl/α,β-unsaturated/α-hetero) is 1. The smallest absolute Gasteiger partial charge is 0.135 e. The van der Waals surface area contributed by atoms with Crippen molar-refractivity contribution in [2.75, 3.05) is 0 Å². The summed E-state index contributed by atoms with van der Waals surface area (Å²) in [5, 5.41) is 0. The van der Waals surface area contributed by atoms with E-state index in [2.05, 4.69) is 13.8 Å². The van der Waals surface area contributed by atoms with Crippen molar-refractivity contribution in [2.24, 2.45) is 23.7 Å². The van der Waals surface area contributed by atoms with Crippen LogP contribution in [0.3, 0.4) is 0 Å². The molecule has 2 fully saturated rings. The van der Waals surface area contributed by atoms with Crippen LogP contribution in [0.25, 0.3) is 0 Å².